The van der Waals surface area contributed by atoms with Crippen molar-refractivity contribution in [2.45, 2.75) is 12.5 Å². The molecule has 2 N–H and O–H groups in total. The lowest BCUT2D eigenvalue weighted by atomic mass is 10.0. The van der Waals surface area contributed by atoms with Crippen molar-refractivity contribution < 1.29 is 9.47 Å². The largest absolute Gasteiger partial charge is 0.382 e. The summed E-state index contributed by atoms with van der Waals surface area (Å²) in [4.78, 5) is 4.35. The van der Waals surface area contributed by atoms with Crippen LogP contribution in [0.25, 0.3) is 10.9 Å². The van der Waals surface area contributed by atoms with Crippen LogP contribution in [-0.2, 0) is 15.9 Å². The number of para-hydroxylation sites is 1. The number of hydrogen-bond acceptors (Lipinski definition) is 4. The molecule has 4 nitrogen and oxygen atoms in total. The van der Waals surface area contributed by atoms with Crippen LogP contribution < -0.4 is 5.73 Å². The lowest BCUT2D eigenvalue weighted by Crippen LogP contribution is -2.29. The molecule has 0 saturated heterocycles. The highest BCUT2D eigenvalue weighted by molar-refractivity contribution is 5.81. The summed E-state index contributed by atoms with van der Waals surface area (Å²) in [5.41, 5.74) is 8.32. The molecule has 1 heterocycles. The number of nitrogens with zero attached hydrogens (tertiary/aromatic N) is 1. The number of ether oxygens (including phenoxy) is 2. The van der Waals surface area contributed by atoms with Gasteiger partial charge in [-0.05, 0) is 24.1 Å². The number of pyridine rings is 1. The fourth-order valence-corrected chi connectivity index (χ4v) is 2.05. The summed E-state index contributed by atoms with van der Waals surface area (Å²) in [6.45, 7) is 1.73. The Hall–Kier alpha value is -1.49. The van der Waals surface area contributed by atoms with Crippen LogP contribution in [0, 0.1) is 0 Å². The standard InChI is InChI=1S/C15H20N2O2/c1-18-8-9-19-11-13(16)10-12-6-7-17-15-5-3-2-4-14(12)15/h2-7,13H,8-11,16H2,1H3. The average molecular weight is 260 g/mol. The zero-order valence-corrected chi connectivity index (χ0v) is 11.2. The molecule has 0 aliphatic heterocycles. The molecule has 0 fully saturated rings. The van der Waals surface area contributed by atoms with Crippen LogP contribution in [0.5, 0.6) is 0 Å². The van der Waals surface area contributed by atoms with E-state index in [0.29, 0.717) is 19.8 Å². The van der Waals surface area contributed by atoms with Gasteiger partial charge in [0.15, 0.2) is 0 Å². The molecule has 0 aliphatic rings. The van der Waals surface area contributed by atoms with Crippen molar-refractivity contribution in [2.75, 3.05) is 26.9 Å². The highest BCUT2D eigenvalue weighted by Crippen LogP contribution is 2.17. The molecule has 102 valence electrons. The van der Waals surface area contributed by atoms with Crippen molar-refractivity contribution >= 4 is 10.9 Å². The predicted octanol–water partition coefficient (Wildman–Crippen LogP) is 1.77. The molecule has 0 amide bonds. The van der Waals surface area contributed by atoms with E-state index in [1.165, 1.54) is 5.56 Å². The highest BCUT2D eigenvalue weighted by atomic mass is 16.5. The Morgan fingerprint density at radius 1 is 1.21 bits per heavy atom. The van der Waals surface area contributed by atoms with Gasteiger partial charge >= 0.3 is 0 Å². The van der Waals surface area contributed by atoms with E-state index in [1.54, 1.807) is 7.11 Å². The number of rotatable bonds is 7. The molecule has 0 spiro atoms. The van der Waals surface area contributed by atoms with Gasteiger partial charge in [-0.1, -0.05) is 18.2 Å². The summed E-state index contributed by atoms with van der Waals surface area (Å²) in [5, 5.41) is 1.16. The molecular formula is C15H20N2O2. The second-order valence-corrected chi connectivity index (χ2v) is 4.52. The van der Waals surface area contributed by atoms with Crippen LogP contribution in [0.2, 0.25) is 0 Å². The van der Waals surface area contributed by atoms with E-state index in [1.807, 2.05) is 30.5 Å². The second-order valence-electron chi connectivity index (χ2n) is 4.52. The van der Waals surface area contributed by atoms with Gasteiger partial charge in [0.2, 0.25) is 0 Å². The fourth-order valence-electron chi connectivity index (χ4n) is 2.05. The van der Waals surface area contributed by atoms with Crippen LogP contribution >= 0.6 is 0 Å². The van der Waals surface area contributed by atoms with E-state index in [2.05, 4.69) is 11.1 Å². The lowest BCUT2D eigenvalue weighted by Gasteiger charge is -2.13. The summed E-state index contributed by atoms with van der Waals surface area (Å²) >= 11 is 0. The molecule has 4 heteroatoms. The first-order valence-electron chi connectivity index (χ1n) is 6.46. The van der Waals surface area contributed by atoms with Gasteiger partial charge in [-0.3, -0.25) is 4.98 Å². The van der Waals surface area contributed by atoms with Crippen molar-refractivity contribution in [2.24, 2.45) is 5.73 Å². The first-order valence-corrected chi connectivity index (χ1v) is 6.46. The van der Waals surface area contributed by atoms with Crippen molar-refractivity contribution in [3.8, 4) is 0 Å². The number of aromatic nitrogens is 1. The highest BCUT2D eigenvalue weighted by Gasteiger charge is 2.07. The third kappa shape index (κ3) is 3.99. The molecule has 0 radical (unpaired) electrons. The maximum absolute atomic E-state index is 6.09. The summed E-state index contributed by atoms with van der Waals surface area (Å²) in [7, 11) is 1.66. The third-order valence-corrected chi connectivity index (χ3v) is 2.99. The second kappa shape index (κ2) is 7.19. The van der Waals surface area contributed by atoms with Gasteiger partial charge in [0.1, 0.15) is 0 Å². The summed E-state index contributed by atoms with van der Waals surface area (Å²) in [6.07, 6.45) is 2.62. The minimum absolute atomic E-state index is 0.0114. The molecule has 0 saturated carbocycles. The minimum atomic E-state index is -0.0114. The zero-order chi connectivity index (χ0) is 13.5. The first-order chi connectivity index (χ1) is 9.31. The molecule has 1 aromatic carbocycles. The van der Waals surface area contributed by atoms with E-state index in [9.17, 15) is 0 Å². The summed E-state index contributed by atoms with van der Waals surface area (Å²) in [5.74, 6) is 0. The number of methoxy groups -OCH3 is 1. The molecule has 2 aromatic rings. The van der Waals surface area contributed by atoms with Crippen LogP contribution in [0.3, 0.4) is 0 Å². The number of hydrogen-bond donors (Lipinski definition) is 1. The smallest absolute Gasteiger partial charge is 0.0704 e. The SMILES string of the molecule is COCCOCC(N)Cc1ccnc2ccccc12. The maximum atomic E-state index is 6.09. The van der Waals surface area contributed by atoms with Gasteiger partial charge in [0.25, 0.3) is 0 Å². The Kier molecular flexibility index (Phi) is 5.27. The van der Waals surface area contributed by atoms with E-state index >= 15 is 0 Å². The van der Waals surface area contributed by atoms with Crippen LogP contribution in [0.1, 0.15) is 5.56 Å². The van der Waals surface area contributed by atoms with Gasteiger partial charge in [-0.25, -0.2) is 0 Å². The first kappa shape index (κ1) is 13.9. The van der Waals surface area contributed by atoms with Crippen molar-refractivity contribution in [3.05, 3.63) is 42.1 Å². The topological polar surface area (TPSA) is 57.4 Å². The van der Waals surface area contributed by atoms with Crippen LogP contribution in [-0.4, -0.2) is 38.0 Å². The molecule has 1 aromatic heterocycles. The summed E-state index contributed by atoms with van der Waals surface area (Å²) in [6, 6.07) is 10.1. The Morgan fingerprint density at radius 2 is 2.05 bits per heavy atom. The molecule has 0 aliphatic carbocycles. The van der Waals surface area contributed by atoms with Crippen LogP contribution in [0.4, 0.5) is 0 Å². The number of fused-ring (bicyclic) bond motifs is 1. The van der Waals surface area contributed by atoms with Gasteiger partial charge < -0.3 is 15.2 Å². The maximum Gasteiger partial charge on any atom is 0.0704 e. The lowest BCUT2D eigenvalue weighted by molar-refractivity contribution is 0.0637. The zero-order valence-electron chi connectivity index (χ0n) is 11.2. The Bertz CT molecular complexity index is 511. The normalized spacial score (nSPS) is 12.7. The Morgan fingerprint density at radius 3 is 2.89 bits per heavy atom. The van der Waals surface area contributed by atoms with E-state index in [-0.39, 0.29) is 6.04 Å². The van der Waals surface area contributed by atoms with Crippen molar-refractivity contribution in [1.29, 1.82) is 0 Å². The van der Waals surface area contributed by atoms with Crippen molar-refractivity contribution in [3.63, 3.8) is 0 Å². The summed E-state index contributed by atoms with van der Waals surface area (Å²) < 4.78 is 10.4. The number of benzene rings is 1. The van der Waals surface area contributed by atoms with Gasteiger partial charge in [-0.2, -0.15) is 0 Å². The van der Waals surface area contributed by atoms with E-state index in [4.69, 9.17) is 15.2 Å². The Balaban J connectivity index is 1.97. The van der Waals surface area contributed by atoms with E-state index in [0.717, 1.165) is 17.3 Å². The fraction of sp³-hybridized carbons (Fsp3) is 0.400. The molecule has 1 atom stereocenters. The molecular weight excluding hydrogens is 240 g/mol. The quantitative estimate of drug-likeness (QED) is 0.771. The van der Waals surface area contributed by atoms with Crippen LogP contribution in [0.15, 0.2) is 36.5 Å². The van der Waals surface area contributed by atoms with Crippen molar-refractivity contribution in [1.82, 2.24) is 4.98 Å². The Labute approximate surface area is 113 Å². The number of nitrogens with two attached hydrogens (primary N) is 1. The minimum Gasteiger partial charge on any atom is -0.382 e. The molecule has 2 rings (SSSR count). The van der Waals surface area contributed by atoms with Gasteiger partial charge in [0.05, 0.1) is 25.3 Å². The van der Waals surface area contributed by atoms with Gasteiger partial charge in [0, 0.05) is 24.7 Å². The third-order valence-electron chi connectivity index (χ3n) is 2.99. The predicted molar refractivity (Wildman–Crippen MR) is 76.1 cm³/mol. The monoisotopic (exact) mass is 260 g/mol. The molecule has 1 unspecified atom stereocenters. The average Bonchev–Trinajstić information content (AvgIpc) is 2.44. The molecule has 19 heavy (non-hydrogen) atoms. The molecule has 0 bridgehead atoms. The van der Waals surface area contributed by atoms with Gasteiger partial charge in [-0.15, -0.1) is 0 Å². The van der Waals surface area contributed by atoms with E-state index < -0.39 is 0 Å².